The highest BCUT2D eigenvalue weighted by Crippen LogP contribution is 2.41. The molecule has 0 radical (unpaired) electrons. The zero-order valence-electron chi connectivity index (χ0n) is 19.4. The number of fused-ring (bicyclic) bond motifs is 4. The van der Waals surface area contributed by atoms with Crippen LogP contribution in [0.15, 0.2) is 17.4 Å². The fourth-order valence-electron chi connectivity index (χ4n) is 5.09. The molecule has 9 nitrogen and oxygen atoms in total. The third kappa shape index (κ3) is 3.70. The highest BCUT2D eigenvalue weighted by atomic mass is 32.1. The topological polar surface area (TPSA) is 95.8 Å². The third-order valence-electron chi connectivity index (χ3n) is 7.03. The number of likely N-dealkylation sites (N-methyl/N-ethyl adjacent to an activating group) is 1. The molecule has 6 rings (SSSR count). The second-order valence-corrected chi connectivity index (χ2v) is 10.2. The minimum Gasteiger partial charge on any atom is -0.480 e. The largest absolute Gasteiger partial charge is 0.480 e. The van der Waals surface area contributed by atoms with Crippen molar-refractivity contribution in [2.24, 2.45) is 10.9 Å². The van der Waals surface area contributed by atoms with Crippen molar-refractivity contribution < 1.29 is 9.53 Å². The Labute approximate surface area is 201 Å². The van der Waals surface area contributed by atoms with Crippen LogP contribution in [-0.2, 0) is 24.2 Å². The molecule has 0 unspecified atom stereocenters. The number of amides is 1. The summed E-state index contributed by atoms with van der Waals surface area (Å²) in [5.41, 5.74) is 3.93. The molecule has 1 saturated heterocycles. The Morgan fingerprint density at radius 1 is 1.24 bits per heavy atom. The molecule has 3 aliphatic rings. The second-order valence-electron chi connectivity index (χ2n) is 9.15. The summed E-state index contributed by atoms with van der Waals surface area (Å²) in [5.74, 6) is 1.63. The van der Waals surface area contributed by atoms with Crippen LogP contribution in [0, 0.1) is 5.92 Å². The van der Waals surface area contributed by atoms with E-state index in [1.807, 2.05) is 17.2 Å². The summed E-state index contributed by atoms with van der Waals surface area (Å²) in [6, 6.07) is 2.01. The van der Waals surface area contributed by atoms with E-state index in [0.717, 1.165) is 78.4 Å². The summed E-state index contributed by atoms with van der Waals surface area (Å²) in [5, 5.41) is 4.49. The van der Waals surface area contributed by atoms with Gasteiger partial charge in [0, 0.05) is 48.8 Å². The lowest BCUT2D eigenvalue weighted by Gasteiger charge is -2.35. The molecule has 0 spiro atoms. The van der Waals surface area contributed by atoms with Gasteiger partial charge in [-0.2, -0.15) is 0 Å². The number of nitrogens with one attached hydrogen (secondary N) is 1. The van der Waals surface area contributed by atoms with Gasteiger partial charge in [0.15, 0.2) is 0 Å². The molecule has 3 aromatic heterocycles. The van der Waals surface area contributed by atoms with Crippen LogP contribution in [0.1, 0.15) is 28.1 Å². The number of rotatable bonds is 4. The molecule has 1 amide bonds. The van der Waals surface area contributed by atoms with E-state index in [-0.39, 0.29) is 5.92 Å². The fraction of sp³-hybridized carbons (Fsp3) is 0.458. The van der Waals surface area contributed by atoms with E-state index in [1.54, 1.807) is 24.8 Å². The first-order valence-corrected chi connectivity index (χ1v) is 12.5. The number of piperazine rings is 1. The number of aromatic nitrogens is 3. The smallest absolute Gasteiger partial charge is 0.237 e. The molecule has 1 atom stereocenters. The number of thiophene rings is 1. The van der Waals surface area contributed by atoms with Crippen molar-refractivity contribution in [3.63, 3.8) is 0 Å². The molecule has 3 aromatic rings. The van der Waals surface area contributed by atoms with Crippen LogP contribution in [-0.4, -0.2) is 77.2 Å². The Bertz CT molecular complexity index is 1300. The van der Waals surface area contributed by atoms with Gasteiger partial charge < -0.3 is 19.9 Å². The van der Waals surface area contributed by atoms with Crippen molar-refractivity contribution in [2.45, 2.75) is 25.8 Å². The van der Waals surface area contributed by atoms with Gasteiger partial charge in [-0.1, -0.05) is 0 Å². The van der Waals surface area contributed by atoms with Crippen LogP contribution in [0.5, 0.6) is 5.88 Å². The Morgan fingerprint density at radius 3 is 2.91 bits per heavy atom. The van der Waals surface area contributed by atoms with Crippen molar-refractivity contribution in [3.8, 4) is 5.88 Å². The summed E-state index contributed by atoms with van der Waals surface area (Å²) >= 11 is 1.68. The predicted molar refractivity (Wildman–Crippen MR) is 132 cm³/mol. The lowest BCUT2D eigenvalue weighted by atomic mass is 9.86. The number of carbonyl (C=O) groups excluding carboxylic acids is 1. The van der Waals surface area contributed by atoms with Gasteiger partial charge in [-0.25, -0.2) is 15.0 Å². The maximum absolute atomic E-state index is 13.2. The number of aliphatic imine (C=N–C) groups is 1. The minimum absolute atomic E-state index is 0.0497. The Morgan fingerprint density at radius 2 is 2.09 bits per heavy atom. The van der Waals surface area contributed by atoms with Crippen molar-refractivity contribution in [1.29, 1.82) is 0 Å². The van der Waals surface area contributed by atoms with Crippen LogP contribution in [0.25, 0.3) is 10.2 Å². The first-order chi connectivity index (χ1) is 16.6. The molecule has 5 heterocycles. The quantitative estimate of drug-likeness (QED) is 0.617. The van der Waals surface area contributed by atoms with Crippen molar-refractivity contribution in [1.82, 2.24) is 24.8 Å². The van der Waals surface area contributed by atoms with Gasteiger partial charge in [0.25, 0.3) is 0 Å². The van der Waals surface area contributed by atoms with Crippen LogP contribution in [0.2, 0.25) is 0 Å². The summed E-state index contributed by atoms with van der Waals surface area (Å²) in [4.78, 5) is 37.8. The molecule has 1 fully saturated rings. The lowest BCUT2D eigenvalue weighted by Crippen LogP contribution is -2.49. The molecule has 10 heteroatoms. The molecule has 176 valence electrons. The summed E-state index contributed by atoms with van der Waals surface area (Å²) in [6.07, 6.45) is 5.92. The maximum Gasteiger partial charge on any atom is 0.237 e. The molecule has 1 aliphatic carbocycles. The Kier molecular flexibility index (Phi) is 5.41. The zero-order chi connectivity index (χ0) is 23.2. The molecule has 1 N–H and O–H groups in total. The first kappa shape index (κ1) is 21.4. The number of aryl methyl sites for hydroxylation is 1. The van der Waals surface area contributed by atoms with Crippen LogP contribution in [0.4, 0.5) is 11.5 Å². The van der Waals surface area contributed by atoms with Crippen molar-refractivity contribution in [2.75, 3.05) is 45.7 Å². The van der Waals surface area contributed by atoms with E-state index in [4.69, 9.17) is 4.74 Å². The standard InChI is InChI=1S/C24H27N7O2S/c1-30-5-7-31(8-6-30)24(32)14-3-4-16-19(10-14)34-23-20(16)21(26-13-27-23)28-17-9-15-11-25-12-18(15)29-22(17)33-2/h9,11,13-14H,3-8,10,12H2,1-2H3,(H,26,27,28)/t14-/m0/s1. The number of anilines is 2. The van der Waals surface area contributed by atoms with E-state index < -0.39 is 0 Å². The number of pyridine rings is 1. The normalized spacial score (nSPS) is 19.8. The van der Waals surface area contributed by atoms with Crippen molar-refractivity contribution in [3.05, 3.63) is 34.1 Å². The molecule has 0 aromatic carbocycles. The number of ether oxygens (including phenoxy) is 1. The van der Waals surface area contributed by atoms with E-state index in [9.17, 15) is 4.79 Å². The number of methoxy groups -OCH3 is 1. The van der Waals surface area contributed by atoms with E-state index in [2.05, 4.69) is 37.2 Å². The summed E-state index contributed by atoms with van der Waals surface area (Å²) < 4.78 is 5.54. The average molecular weight is 478 g/mol. The highest BCUT2D eigenvalue weighted by molar-refractivity contribution is 7.19. The number of carbonyl (C=O) groups is 1. The molecule has 2 aliphatic heterocycles. The van der Waals surface area contributed by atoms with Gasteiger partial charge in [-0.3, -0.25) is 9.79 Å². The summed E-state index contributed by atoms with van der Waals surface area (Å²) in [7, 11) is 3.73. The van der Waals surface area contributed by atoms with Crippen LogP contribution < -0.4 is 10.1 Å². The van der Waals surface area contributed by atoms with Crippen molar-refractivity contribution >= 4 is 45.2 Å². The van der Waals surface area contributed by atoms with E-state index >= 15 is 0 Å². The predicted octanol–water partition coefficient (Wildman–Crippen LogP) is 2.65. The Balaban J connectivity index is 1.29. The van der Waals surface area contributed by atoms with E-state index in [1.165, 1.54) is 10.4 Å². The van der Waals surface area contributed by atoms with Gasteiger partial charge in [-0.05, 0) is 37.9 Å². The zero-order valence-corrected chi connectivity index (χ0v) is 20.2. The highest BCUT2D eigenvalue weighted by Gasteiger charge is 2.32. The number of hydrogen-bond donors (Lipinski definition) is 1. The lowest BCUT2D eigenvalue weighted by molar-refractivity contribution is -0.137. The molecule has 0 saturated carbocycles. The SMILES string of the molecule is COc1nc2c(cc1Nc1ncnc3sc4c(c13)CC[C@H](C(=O)N1CCN(C)CC1)C4)C=NC2. The third-order valence-corrected chi connectivity index (χ3v) is 8.19. The van der Waals surface area contributed by atoms with Gasteiger partial charge in [0.1, 0.15) is 22.7 Å². The second kappa shape index (κ2) is 8.59. The van der Waals surface area contributed by atoms with Crippen LogP contribution in [0.3, 0.4) is 0 Å². The van der Waals surface area contributed by atoms with Crippen LogP contribution >= 0.6 is 11.3 Å². The maximum atomic E-state index is 13.2. The molecular formula is C24H27N7O2S. The molecular weight excluding hydrogens is 450 g/mol. The fourth-order valence-corrected chi connectivity index (χ4v) is 6.36. The Hall–Kier alpha value is -3.11. The van der Waals surface area contributed by atoms with Gasteiger partial charge in [0.2, 0.25) is 11.8 Å². The van der Waals surface area contributed by atoms with Gasteiger partial charge in [0.05, 0.1) is 24.7 Å². The van der Waals surface area contributed by atoms with Gasteiger partial charge >= 0.3 is 0 Å². The number of nitrogens with zero attached hydrogens (tertiary/aromatic N) is 6. The summed E-state index contributed by atoms with van der Waals surface area (Å²) in [6.45, 7) is 4.13. The molecule has 34 heavy (non-hydrogen) atoms. The molecule has 0 bridgehead atoms. The van der Waals surface area contributed by atoms with E-state index in [0.29, 0.717) is 18.3 Å². The number of hydrogen-bond acceptors (Lipinski definition) is 9. The minimum atomic E-state index is 0.0497. The monoisotopic (exact) mass is 477 g/mol. The first-order valence-electron chi connectivity index (χ1n) is 11.7. The van der Waals surface area contributed by atoms with Gasteiger partial charge in [-0.15, -0.1) is 11.3 Å². The average Bonchev–Trinajstić information content (AvgIpc) is 3.47.